The second-order valence-electron chi connectivity index (χ2n) is 3.78. The molecule has 0 saturated carbocycles. The van der Waals surface area contributed by atoms with Crippen LogP contribution in [0.25, 0.3) is 0 Å². The van der Waals surface area contributed by atoms with Gasteiger partial charge >= 0.3 is 0 Å². The minimum absolute atomic E-state index is 0.732. The Morgan fingerprint density at radius 2 is 2.42 bits per heavy atom. The van der Waals surface area contributed by atoms with Crippen LogP contribution < -0.4 is 5.32 Å². The normalized spacial score (nSPS) is 17.4. The van der Waals surface area contributed by atoms with Crippen LogP contribution in [0.2, 0.25) is 0 Å². The smallest absolute Gasteiger partial charge is 0.0876 e. The lowest BCUT2D eigenvalue weighted by Crippen LogP contribution is -2.23. The quantitative estimate of drug-likeness (QED) is 0.694. The van der Waals surface area contributed by atoms with Crippen molar-refractivity contribution in [3.8, 4) is 0 Å². The van der Waals surface area contributed by atoms with E-state index in [2.05, 4.69) is 19.2 Å². The lowest BCUT2D eigenvalue weighted by Gasteiger charge is -2.14. The van der Waals surface area contributed by atoms with Gasteiger partial charge in [0.15, 0.2) is 0 Å². The molecule has 0 unspecified atom stereocenters. The van der Waals surface area contributed by atoms with E-state index in [1.165, 1.54) is 18.4 Å². The van der Waals surface area contributed by atoms with Gasteiger partial charge in [-0.05, 0) is 30.9 Å². The van der Waals surface area contributed by atoms with E-state index in [1.807, 2.05) is 6.26 Å². The zero-order valence-electron chi connectivity index (χ0n) is 8.10. The molecule has 1 aliphatic heterocycles. The Kier molecular flexibility index (Phi) is 4.15. The summed E-state index contributed by atoms with van der Waals surface area (Å²) < 4.78 is 5.24. The van der Waals surface area contributed by atoms with Gasteiger partial charge in [0.25, 0.3) is 0 Å². The molecule has 0 aromatic carbocycles. The Hall–Kier alpha value is -0.500. The number of ether oxygens (including phenoxy) is 1. The monoisotopic (exact) mass is 169 g/mol. The average Bonchev–Trinajstić information content (AvgIpc) is 2.05. The summed E-state index contributed by atoms with van der Waals surface area (Å²) >= 11 is 0. The third-order valence-corrected chi connectivity index (χ3v) is 1.91. The predicted molar refractivity (Wildman–Crippen MR) is 51.0 cm³/mol. The largest absolute Gasteiger partial charge is 0.501 e. The molecule has 70 valence electrons. The van der Waals surface area contributed by atoms with Crippen LogP contribution in [0.5, 0.6) is 0 Å². The molecule has 2 nitrogen and oxygen atoms in total. The molecule has 1 heterocycles. The second-order valence-corrected chi connectivity index (χ2v) is 3.78. The number of hydrogen-bond acceptors (Lipinski definition) is 2. The van der Waals surface area contributed by atoms with E-state index in [4.69, 9.17) is 4.74 Å². The molecule has 0 aromatic rings. The van der Waals surface area contributed by atoms with Gasteiger partial charge in [-0.1, -0.05) is 13.8 Å². The summed E-state index contributed by atoms with van der Waals surface area (Å²) in [5.74, 6) is 0.732. The molecule has 0 bridgehead atoms. The highest BCUT2D eigenvalue weighted by Gasteiger charge is 2.03. The average molecular weight is 169 g/mol. The molecule has 1 N–H and O–H groups in total. The van der Waals surface area contributed by atoms with E-state index in [-0.39, 0.29) is 0 Å². The minimum atomic E-state index is 0.732. The highest BCUT2D eigenvalue weighted by Crippen LogP contribution is 2.10. The number of rotatable bonds is 4. The highest BCUT2D eigenvalue weighted by molar-refractivity contribution is 5.02. The van der Waals surface area contributed by atoms with E-state index >= 15 is 0 Å². The molecule has 12 heavy (non-hydrogen) atoms. The summed E-state index contributed by atoms with van der Waals surface area (Å²) in [5, 5.41) is 3.41. The van der Waals surface area contributed by atoms with Crippen LogP contribution in [0.4, 0.5) is 0 Å². The number of hydrogen-bond donors (Lipinski definition) is 1. The molecule has 0 saturated heterocycles. The van der Waals surface area contributed by atoms with Gasteiger partial charge in [0.2, 0.25) is 0 Å². The van der Waals surface area contributed by atoms with Crippen LogP contribution in [0.3, 0.4) is 0 Å². The first-order valence-electron chi connectivity index (χ1n) is 4.79. The maximum atomic E-state index is 5.24. The molecule has 0 aromatic heterocycles. The van der Waals surface area contributed by atoms with E-state index in [1.54, 1.807) is 0 Å². The second kappa shape index (κ2) is 5.20. The van der Waals surface area contributed by atoms with Crippen molar-refractivity contribution in [1.29, 1.82) is 0 Å². The Balaban J connectivity index is 2.09. The molecule has 0 amide bonds. The van der Waals surface area contributed by atoms with E-state index in [0.29, 0.717) is 0 Å². The van der Waals surface area contributed by atoms with Crippen LogP contribution >= 0.6 is 0 Å². The minimum Gasteiger partial charge on any atom is -0.501 e. The van der Waals surface area contributed by atoms with Crippen LogP contribution in [-0.2, 0) is 4.74 Å². The first kappa shape index (κ1) is 9.59. The summed E-state index contributed by atoms with van der Waals surface area (Å²) in [6.45, 7) is 7.43. The van der Waals surface area contributed by atoms with Crippen molar-refractivity contribution in [1.82, 2.24) is 5.32 Å². The van der Waals surface area contributed by atoms with E-state index < -0.39 is 0 Å². The van der Waals surface area contributed by atoms with Crippen molar-refractivity contribution in [3.05, 3.63) is 11.8 Å². The Bertz CT molecular complexity index is 152. The summed E-state index contributed by atoms with van der Waals surface area (Å²) in [7, 11) is 0. The zero-order valence-corrected chi connectivity index (χ0v) is 8.10. The number of nitrogens with one attached hydrogen (secondary N) is 1. The van der Waals surface area contributed by atoms with Crippen LogP contribution in [0, 0.1) is 5.92 Å². The zero-order chi connectivity index (χ0) is 8.81. The molecule has 0 spiro atoms. The molecule has 0 atom stereocenters. The topological polar surface area (TPSA) is 21.3 Å². The first-order valence-corrected chi connectivity index (χ1v) is 4.79. The lowest BCUT2D eigenvalue weighted by atomic mass is 10.1. The first-order chi connectivity index (χ1) is 5.79. The Labute approximate surface area is 75.0 Å². The molecular formula is C10H19NO. The summed E-state index contributed by atoms with van der Waals surface area (Å²) in [6, 6.07) is 0. The van der Waals surface area contributed by atoms with Crippen molar-refractivity contribution in [2.75, 3.05) is 19.7 Å². The van der Waals surface area contributed by atoms with Gasteiger partial charge in [-0.25, -0.2) is 0 Å². The van der Waals surface area contributed by atoms with Crippen LogP contribution in [0.1, 0.15) is 26.7 Å². The highest BCUT2D eigenvalue weighted by atomic mass is 16.5. The molecule has 1 aliphatic rings. The van der Waals surface area contributed by atoms with E-state index in [0.717, 1.165) is 25.6 Å². The standard InChI is InChI=1S/C10H19NO/c1-9(2)6-11-7-10-4-3-5-12-8-10/h8-9,11H,3-7H2,1-2H3. The van der Waals surface area contributed by atoms with Gasteiger partial charge in [0, 0.05) is 6.54 Å². The fraction of sp³-hybridized carbons (Fsp3) is 0.800. The summed E-state index contributed by atoms with van der Waals surface area (Å²) in [4.78, 5) is 0. The predicted octanol–water partition coefficient (Wildman–Crippen LogP) is 1.93. The summed E-state index contributed by atoms with van der Waals surface area (Å²) in [5.41, 5.74) is 1.40. The van der Waals surface area contributed by atoms with Gasteiger partial charge in [-0.3, -0.25) is 0 Å². The van der Waals surface area contributed by atoms with Crippen molar-refractivity contribution in [2.24, 2.45) is 5.92 Å². The van der Waals surface area contributed by atoms with Crippen molar-refractivity contribution < 1.29 is 4.74 Å². The SMILES string of the molecule is CC(C)CNCC1=COCCC1. The maximum Gasteiger partial charge on any atom is 0.0876 e. The van der Waals surface area contributed by atoms with Gasteiger partial charge in [0.05, 0.1) is 12.9 Å². The Morgan fingerprint density at radius 3 is 3.00 bits per heavy atom. The van der Waals surface area contributed by atoms with Crippen molar-refractivity contribution in [3.63, 3.8) is 0 Å². The van der Waals surface area contributed by atoms with Gasteiger partial charge in [0.1, 0.15) is 0 Å². The van der Waals surface area contributed by atoms with Gasteiger partial charge in [-0.15, -0.1) is 0 Å². The van der Waals surface area contributed by atoms with Crippen molar-refractivity contribution in [2.45, 2.75) is 26.7 Å². The molecule has 1 rings (SSSR count). The maximum absolute atomic E-state index is 5.24. The van der Waals surface area contributed by atoms with E-state index in [9.17, 15) is 0 Å². The molecule has 2 heteroatoms. The Morgan fingerprint density at radius 1 is 1.58 bits per heavy atom. The van der Waals surface area contributed by atoms with Crippen LogP contribution in [-0.4, -0.2) is 19.7 Å². The van der Waals surface area contributed by atoms with Gasteiger partial charge < -0.3 is 10.1 Å². The molecule has 0 radical (unpaired) electrons. The third kappa shape index (κ3) is 3.77. The molecule has 0 aliphatic carbocycles. The van der Waals surface area contributed by atoms with Crippen molar-refractivity contribution >= 4 is 0 Å². The fourth-order valence-electron chi connectivity index (χ4n) is 1.27. The molecular weight excluding hydrogens is 150 g/mol. The fourth-order valence-corrected chi connectivity index (χ4v) is 1.27. The molecule has 0 fully saturated rings. The van der Waals surface area contributed by atoms with Gasteiger partial charge in [-0.2, -0.15) is 0 Å². The summed E-state index contributed by atoms with van der Waals surface area (Å²) in [6.07, 6.45) is 4.29. The third-order valence-electron chi connectivity index (χ3n) is 1.91. The van der Waals surface area contributed by atoms with Crippen LogP contribution in [0.15, 0.2) is 11.8 Å². The lowest BCUT2D eigenvalue weighted by molar-refractivity contribution is 0.223.